The second kappa shape index (κ2) is 9.61. The number of benzene rings is 1. The minimum atomic E-state index is -3.19. The molecule has 1 fully saturated rings. The maximum absolute atomic E-state index is 12.3. The number of nitrogens with one attached hydrogen (secondary N) is 1. The van der Waals surface area contributed by atoms with Gasteiger partial charge in [-0.05, 0) is 48.6 Å². The summed E-state index contributed by atoms with van der Waals surface area (Å²) in [5.41, 5.74) is 0.983. The summed E-state index contributed by atoms with van der Waals surface area (Å²) in [5.74, 6) is -0.218. The molecule has 0 spiro atoms. The van der Waals surface area contributed by atoms with Crippen LogP contribution in [0.5, 0.6) is 0 Å². The van der Waals surface area contributed by atoms with E-state index in [1.54, 1.807) is 32.2 Å². The summed E-state index contributed by atoms with van der Waals surface area (Å²) in [6.07, 6.45) is 1.59. The van der Waals surface area contributed by atoms with Crippen LogP contribution in [-0.2, 0) is 14.6 Å². The third-order valence-corrected chi connectivity index (χ3v) is 7.87. The number of anilines is 1. The van der Waals surface area contributed by atoms with Crippen LogP contribution in [0.2, 0.25) is 0 Å². The molecule has 1 aromatic heterocycles. The number of carbonyl (C=O) groups excluding carboxylic acids is 2. The summed E-state index contributed by atoms with van der Waals surface area (Å²) in [6.45, 7) is 3.21. The summed E-state index contributed by atoms with van der Waals surface area (Å²) in [4.78, 5) is 29.2. The largest absolute Gasteiger partial charge is 0.371 e. The standard InChI is InChI=1S/C21H27N3O4S2/c1-3-30(27,28)18-8-6-17(7-9-18)24-12-10-16(11-13-24)22-20(25)15-23(2)21(26)19-5-4-14-29-19/h4-9,14,16H,3,10-13,15H2,1-2H3,(H,22,25). The maximum atomic E-state index is 12.3. The molecule has 3 rings (SSSR count). The Balaban J connectivity index is 1.47. The van der Waals surface area contributed by atoms with Crippen LogP contribution in [-0.4, -0.2) is 63.6 Å². The molecule has 162 valence electrons. The van der Waals surface area contributed by atoms with E-state index in [1.807, 2.05) is 23.6 Å². The van der Waals surface area contributed by atoms with E-state index in [1.165, 1.54) is 16.2 Å². The third kappa shape index (κ3) is 5.40. The lowest BCUT2D eigenvalue weighted by atomic mass is 10.0. The smallest absolute Gasteiger partial charge is 0.264 e. The van der Waals surface area contributed by atoms with Gasteiger partial charge in [0.1, 0.15) is 0 Å². The van der Waals surface area contributed by atoms with Gasteiger partial charge in [0.05, 0.1) is 22.1 Å². The van der Waals surface area contributed by atoms with Crippen molar-refractivity contribution in [3.8, 4) is 0 Å². The van der Waals surface area contributed by atoms with Crippen LogP contribution >= 0.6 is 11.3 Å². The quantitative estimate of drug-likeness (QED) is 0.701. The van der Waals surface area contributed by atoms with E-state index in [9.17, 15) is 18.0 Å². The van der Waals surface area contributed by atoms with Gasteiger partial charge in [-0.15, -0.1) is 11.3 Å². The first-order valence-electron chi connectivity index (χ1n) is 9.96. The average molecular weight is 450 g/mol. The Morgan fingerprint density at radius 3 is 2.40 bits per heavy atom. The van der Waals surface area contributed by atoms with Crippen molar-refractivity contribution in [3.05, 3.63) is 46.7 Å². The highest BCUT2D eigenvalue weighted by Crippen LogP contribution is 2.22. The van der Waals surface area contributed by atoms with Gasteiger partial charge in [0.15, 0.2) is 9.84 Å². The van der Waals surface area contributed by atoms with Crippen LogP contribution in [0.1, 0.15) is 29.4 Å². The topological polar surface area (TPSA) is 86.8 Å². The van der Waals surface area contributed by atoms with Crippen LogP contribution in [0.25, 0.3) is 0 Å². The number of amides is 2. The van der Waals surface area contributed by atoms with Crippen LogP contribution in [0.15, 0.2) is 46.7 Å². The number of thiophene rings is 1. The minimum Gasteiger partial charge on any atom is -0.371 e. The molecule has 2 amide bonds. The third-order valence-electron chi connectivity index (χ3n) is 5.26. The number of likely N-dealkylation sites (N-methyl/N-ethyl adjacent to an activating group) is 1. The van der Waals surface area contributed by atoms with Crippen LogP contribution in [0, 0.1) is 0 Å². The van der Waals surface area contributed by atoms with Crippen molar-refractivity contribution in [1.29, 1.82) is 0 Å². The van der Waals surface area contributed by atoms with Gasteiger partial charge in [-0.2, -0.15) is 0 Å². The second-order valence-electron chi connectivity index (χ2n) is 7.36. The second-order valence-corrected chi connectivity index (χ2v) is 10.6. The zero-order chi connectivity index (χ0) is 21.7. The van der Waals surface area contributed by atoms with E-state index >= 15 is 0 Å². The van der Waals surface area contributed by atoms with Gasteiger partial charge in [0.25, 0.3) is 5.91 Å². The number of sulfone groups is 1. The zero-order valence-electron chi connectivity index (χ0n) is 17.2. The number of carbonyl (C=O) groups is 2. The van der Waals surface area contributed by atoms with E-state index in [2.05, 4.69) is 10.2 Å². The molecule has 7 nitrogen and oxygen atoms in total. The van der Waals surface area contributed by atoms with Gasteiger partial charge in [-0.3, -0.25) is 9.59 Å². The number of rotatable bonds is 7. The van der Waals surface area contributed by atoms with Crippen molar-refractivity contribution < 1.29 is 18.0 Å². The molecular formula is C21H27N3O4S2. The molecule has 1 saturated heterocycles. The molecule has 2 aromatic rings. The predicted octanol–water partition coefficient (Wildman–Crippen LogP) is 2.40. The molecule has 1 aliphatic rings. The van der Waals surface area contributed by atoms with Gasteiger partial charge in [0.2, 0.25) is 5.91 Å². The Bertz CT molecular complexity index is 964. The first kappa shape index (κ1) is 22.3. The van der Waals surface area contributed by atoms with Crippen LogP contribution in [0.3, 0.4) is 0 Å². The monoisotopic (exact) mass is 449 g/mol. The highest BCUT2D eigenvalue weighted by atomic mass is 32.2. The van der Waals surface area contributed by atoms with Crippen molar-refractivity contribution in [2.75, 3.05) is 37.3 Å². The minimum absolute atomic E-state index is 0.0321. The van der Waals surface area contributed by atoms with Gasteiger partial charge in [-0.1, -0.05) is 13.0 Å². The highest BCUT2D eigenvalue weighted by molar-refractivity contribution is 7.91. The fraction of sp³-hybridized carbons (Fsp3) is 0.429. The summed E-state index contributed by atoms with van der Waals surface area (Å²) in [5, 5.41) is 4.86. The molecule has 1 aliphatic heterocycles. The fourth-order valence-electron chi connectivity index (χ4n) is 3.46. The van der Waals surface area contributed by atoms with E-state index < -0.39 is 9.84 Å². The molecule has 9 heteroatoms. The lowest BCUT2D eigenvalue weighted by Crippen LogP contribution is -2.47. The van der Waals surface area contributed by atoms with E-state index in [4.69, 9.17) is 0 Å². The van der Waals surface area contributed by atoms with Crippen molar-refractivity contribution in [1.82, 2.24) is 10.2 Å². The number of nitrogens with zero attached hydrogens (tertiary/aromatic N) is 2. The number of hydrogen-bond donors (Lipinski definition) is 1. The van der Waals surface area contributed by atoms with Crippen molar-refractivity contribution in [2.24, 2.45) is 0 Å². The SMILES string of the molecule is CCS(=O)(=O)c1ccc(N2CCC(NC(=O)CN(C)C(=O)c3cccs3)CC2)cc1. The lowest BCUT2D eigenvalue weighted by Gasteiger charge is -2.34. The molecule has 0 radical (unpaired) electrons. The van der Waals surface area contributed by atoms with Gasteiger partial charge >= 0.3 is 0 Å². The first-order chi connectivity index (χ1) is 14.3. The Morgan fingerprint density at radius 1 is 1.17 bits per heavy atom. The van der Waals surface area contributed by atoms with Crippen LogP contribution in [0.4, 0.5) is 5.69 Å². The average Bonchev–Trinajstić information content (AvgIpc) is 3.28. The first-order valence-corrected chi connectivity index (χ1v) is 12.5. The van der Waals surface area contributed by atoms with E-state index in [0.29, 0.717) is 9.77 Å². The highest BCUT2D eigenvalue weighted by Gasteiger charge is 2.23. The van der Waals surface area contributed by atoms with Crippen molar-refractivity contribution in [3.63, 3.8) is 0 Å². The molecular weight excluding hydrogens is 422 g/mol. The van der Waals surface area contributed by atoms with E-state index in [0.717, 1.165) is 31.6 Å². The Labute approximate surface area is 181 Å². The van der Waals surface area contributed by atoms with Crippen molar-refractivity contribution >= 4 is 38.7 Å². The number of piperidine rings is 1. The molecule has 0 bridgehead atoms. The van der Waals surface area contributed by atoms with Crippen LogP contribution < -0.4 is 10.2 Å². The van der Waals surface area contributed by atoms with Gasteiger partial charge < -0.3 is 15.1 Å². The van der Waals surface area contributed by atoms with Gasteiger partial charge in [0, 0.05) is 31.9 Å². The van der Waals surface area contributed by atoms with Crippen molar-refractivity contribution in [2.45, 2.75) is 30.7 Å². The molecule has 1 N–H and O–H groups in total. The Kier molecular flexibility index (Phi) is 7.14. The molecule has 0 atom stereocenters. The molecule has 0 aliphatic carbocycles. The summed E-state index contributed by atoms with van der Waals surface area (Å²) >= 11 is 1.36. The summed E-state index contributed by atoms with van der Waals surface area (Å²) < 4.78 is 23.9. The van der Waals surface area contributed by atoms with E-state index in [-0.39, 0.29) is 30.2 Å². The normalized spacial score (nSPS) is 15.1. The van der Waals surface area contributed by atoms with Gasteiger partial charge in [-0.25, -0.2) is 8.42 Å². The maximum Gasteiger partial charge on any atom is 0.264 e. The summed E-state index contributed by atoms with van der Waals surface area (Å²) in [6, 6.07) is 10.6. The number of hydrogen-bond acceptors (Lipinski definition) is 6. The fourth-order valence-corrected chi connectivity index (χ4v) is 5.06. The Morgan fingerprint density at radius 2 is 1.83 bits per heavy atom. The summed E-state index contributed by atoms with van der Waals surface area (Å²) in [7, 11) is -1.56. The predicted molar refractivity (Wildman–Crippen MR) is 119 cm³/mol. The molecule has 0 saturated carbocycles. The molecule has 2 heterocycles. The Hall–Kier alpha value is -2.39. The molecule has 30 heavy (non-hydrogen) atoms. The molecule has 1 aromatic carbocycles. The lowest BCUT2D eigenvalue weighted by molar-refractivity contribution is -0.122. The molecule has 0 unspecified atom stereocenters. The zero-order valence-corrected chi connectivity index (χ0v) is 18.8.